The Morgan fingerprint density at radius 2 is 2.10 bits per heavy atom. The summed E-state index contributed by atoms with van der Waals surface area (Å²) in [7, 11) is 0. The molecule has 1 heterocycles. The lowest BCUT2D eigenvalue weighted by atomic mass is 10.1. The summed E-state index contributed by atoms with van der Waals surface area (Å²) in [5.74, 6) is 0.110. The summed E-state index contributed by atoms with van der Waals surface area (Å²) in [5.41, 5.74) is 1.49. The van der Waals surface area contributed by atoms with Crippen LogP contribution in [0.1, 0.15) is 33.3 Å². The molecule has 4 nitrogen and oxygen atoms in total. The number of benzene rings is 1. The molecule has 0 saturated heterocycles. The van der Waals surface area contributed by atoms with Crippen LogP contribution < -0.4 is 4.90 Å². The normalized spacial score (nSPS) is 18.2. The van der Waals surface area contributed by atoms with Gasteiger partial charge in [0.15, 0.2) is 0 Å². The molecule has 0 radical (unpaired) electrons. The Morgan fingerprint density at radius 1 is 1.43 bits per heavy atom. The van der Waals surface area contributed by atoms with Crippen molar-refractivity contribution in [3.05, 3.63) is 29.8 Å². The highest BCUT2D eigenvalue weighted by Gasteiger charge is 2.31. The number of amides is 1. The topological polar surface area (TPSA) is 43.8 Å². The van der Waals surface area contributed by atoms with Crippen LogP contribution in [0.4, 0.5) is 5.69 Å². The quantitative estimate of drug-likeness (QED) is 0.902. The van der Waals surface area contributed by atoms with Gasteiger partial charge >= 0.3 is 0 Å². The van der Waals surface area contributed by atoms with Crippen LogP contribution in [0.3, 0.4) is 0 Å². The van der Waals surface area contributed by atoms with E-state index in [0.29, 0.717) is 13.1 Å². The molecule has 0 bridgehead atoms. The number of carbonyl (C=O) groups excluding carboxylic acids is 1. The molecule has 1 aliphatic rings. The maximum absolute atomic E-state index is 12.7. The summed E-state index contributed by atoms with van der Waals surface area (Å²) >= 11 is 0. The van der Waals surface area contributed by atoms with Crippen molar-refractivity contribution in [2.45, 2.75) is 45.8 Å². The third kappa shape index (κ3) is 3.83. The van der Waals surface area contributed by atoms with E-state index < -0.39 is 5.60 Å². The number of para-hydroxylation sites is 1. The van der Waals surface area contributed by atoms with Crippen molar-refractivity contribution in [2.24, 2.45) is 0 Å². The van der Waals surface area contributed by atoms with E-state index in [-0.39, 0.29) is 11.9 Å². The lowest BCUT2D eigenvalue weighted by Crippen LogP contribution is -2.46. The fraction of sp³-hybridized carbons (Fsp3) is 0.588. The van der Waals surface area contributed by atoms with E-state index in [9.17, 15) is 9.90 Å². The Balaban J connectivity index is 2.09. The monoisotopic (exact) mass is 290 g/mol. The van der Waals surface area contributed by atoms with Crippen LogP contribution in [0.2, 0.25) is 0 Å². The van der Waals surface area contributed by atoms with E-state index in [4.69, 9.17) is 0 Å². The number of aliphatic hydroxyl groups is 1. The summed E-state index contributed by atoms with van der Waals surface area (Å²) in [5, 5.41) is 9.94. The number of anilines is 1. The van der Waals surface area contributed by atoms with Crippen molar-refractivity contribution >= 4 is 11.6 Å². The van der Waals surface area contributed by atoms with Gasteiger partial charge in [-0.3, -0.25) is 9.69 Å². The van der Waals surface area contributed by atoms with Crippen molar-refractivity contribution in [1.82, 2.24) is 4.90 Å². The minimum atomic E-state index is -0.787. The van der Waals surface area contributed by atoms with Gasteiger partial charge in [-0.15, -0.1) is 0 Å². The lowest BCUT2D eigenvalue weighted by molar-refractivity contribution is -0.120. The summed E-state index contributed by atoms with van der Waals surface area (Å²) in [4.78, 5) is 16.6. The van der Waals surface area contributed by atoms with Gasteiger partial charge in [0, 0.05) is 18.3 Å². The largest absolute Gasteiger partial charge is 0.389 e. The summed E-state index contributed by atoms with van der Waals surface area (Å²) in [6, 6.07) is 8.31. The zero-order chi connectivity index (χ0) is 15.6. The summed E-state index contributed by atoms with van der Waals surface area (Å²) in [6.45, 7) is 9.24. The minimum Gasteiger partial charge on any atom is -0.389 e. The molecule has 116 valence electrons. The van der Waals surface area contributed by atoms with E-state index in [1.165, 1.54) is 5.56 Å². The van der Waals surface area contributed by atoms with Gasteiger partial charge in [0.05, 0.1) is 12.1 Å². The Bertz CT molecular complexity index is 508. The van der Waals surface area contributed by atoms with Crippen molar-refractivity contribution in [3.8, 4) is 0 Å². The predicted molar refractivity (Wildman–Crippen MR) is 85.5 cm³/mol. The van der Waals surface area contributed by atoms with Crippen LogP contribution in [-0.4, -0.2) is 47.2 Å². The SMILES string of the molecule is CCN(CC(=O)N1c2ccccc2CC1C)CC(C)(C)O. The van der Waals surface area contributed by atoms with Gasteiger partial charge in [-0.25, -0.2) is 0 Å². The summed E-state index contributed by atoms with van der Waals surface area (Å²) < 4.78 is 0. The van der Waals surface area contributed by atoms with Crippen molar-refractivity contribution in [1.29, 1.82) is 0 Å². The number of fused-ring (bicyclic) bond motifs is 1. The second-order valence-corrected chi connectivity index (χ2v) is 6.56. The molecule has 1 aromatic carbocycles. The van der Waals surface area contributed by atoms with Crippen molar-refractivity contribution < 1.29 is 9.90 Å². The van der Waals surface area contributed by atoms with Crippen LogP contribution in [0, 0.1) is 0 Å². The van der Waals surface area contributed by atoms with Gasteiger partial charge in [0.2, 0.25) is 5.91 Å². The average Bonchev–Trinajstić information content (AvgIpc) is 2.72. The number of carbonyl (C=O) groups is 1. The molecule has 1 aliphatic heterocycles. The first-order valence-corrected chi connectivity index (χ1v) is 7.66. The first kappa shape index (κ1) is 16.0. The number of hydrogen-bond acceptors (Lipinski definition) is 3. The van der Waals surface area contributed by atoms with Gasteiger partial charge in [0.1, 0.15) is 0 Å². The van der Waals surface area contributed by atoms with Crippen LogP contribution in [0.15, 0.2) is 24.3 Å². The second-order valence-electron chi connectivity index (χ2n) is 6.56. The van der Waals surface area contributed by atoms with Crippen molar-refractivity contribution in [3.63, 3.8) is 0 Å². The van der Waals surface area contributed by atoms with Crippen LogP contribution in [-0.2, 0) is 11.2 Å². The highest BCUT2D eigenvalue weighted by atomic mass is 16.3. The zero-order valence-electron chi connectivity index (χ0n) is 13.5. The Hall–Kier alpha value is -1.39. The molecule has 0 aliphatic carbocycles. The molecule has 1 amide bonds. The van der Waals surface area contributed by atoms with Crippen LogP contribution >= 0.6 is 0 Å². The van der Waals surface area contributed by atoms with E-state index in [1.807, 2.05) is 34.9 Å². The van der Waals surface area contributed by atoms with E-state index in [0.717, 1.165) is 18.7 Å². The first-order valence-electron chi connectivity index (χ1n) is 7.66. The van der Waals surface area contributed by atoms with E-state index >= 15 is 0 Å². The maximum atomic E-state index is 12.7. The fourth-order valence-corrected chi connectivity index (χ4v) is 3.04. The van der Waals surface area contributed by atoms with Crippen LogP contribution in [0.25, 0.3) is 0 Å². The van der Waals surface area contributed by atoms with Gasteiger partial charge in [-0.2, -0.15) is 0 Å². The number of rotatable bonds is 5. The third-order valence-corrected chi connectivity index (χ3v) is 3.89. The van der Waals surface area contributed by atoms with Gasteiger partial charge < -0.3 is 10.0 Å². The molecule has 1 N–H and O–H groups in total. The number of likely N-dealkylation sites (N-methyl/N-ethyl adjacent to an activating group) is 1. The summed E-state index contributed by atoms with van der Waals surface area (Å²) in [6.07, 6.45) is 0.916. The molecule has 1 aromatic rings. The third-order valence-electron chi connectivity index (χ3n) is 3.89. The fourth-order valence-electron chi connectivity index (χ4n) is 3.04. The molecule has 1 unspecified atom stereocenters. The predicted octanol–water partition coefficient (Wildman–Crippen LogP) is 2.06. The van der Waals surface area contributed by atoms with E-state index in [1.54, 1.807) is 13.8 Å². The lowest BCUT2D eigenvalue weighted by Gasteiger charge is -2.30. The molecule has 2 rings (SSSR count). The molecule has 0 spiro atoms. The number of nitrogens with zero attached hydrogens (tertiary/aromatic N) is 2. The van der Waals surface area contributed by atoms with Gasteiger partial charge in [0.25, 0.3) is 0 Å². The molecule has 0 fully saturated rings. The number of hydrogen-bond donors (Lipinski definition) is 1. The average molecular weight is 290 g/mol. The van der Waals surface area contributed by atoms with Gasteiger partial charge in [-0.1, -0.05) is 25.1 Å². The molecule has 0 aromatic heterocycles. The van der Waals surface area contributed by atoms with E-state index in [2.05, 4.69) is 13.0 Å². The molecule has 21 heavy (non-hydrogen) atoms. The zero-order valence-corrected chi connectivity index (χ0v) is 13.5. The van der Waals surface area contributed by atoms with Crippen molar-refractivity contribution in [2.75, 3.05) is 24.5 Å². The molecular weight excluding hydrogens is 264 g/mol. The first-order chi connectivity index (χ1) is 9.81. The minimum absolute atomic E-state index is 0.110. The molecular formula is C17H26N2O2. The molecule has 1 atom stereocenters. The maximum Gasteiger partial charge on any atom is 0.241 e. The Kier molecular flexibility index (Phi) is 4.69. The smallest absolute Gasteiger partial charge is 0.241 e. The highest BCUT2D eigenvalue weighted by molar-refractivity contribution is 5.97. The molecule has 0 saturated carbocycles. The molecule has 4 heteroatoms. The highest BCUT2D eigenvalue weighted by Crippen LogP contribution is 2.31. The Labute approximate surface area is 127 Å². The Morgan fingerprint density at radius 3 is 2.71 bits per heavy atom. The second kappa shape index (κ2) is 6.16. The van der Waals surface area contributed by atoms with Gasteiger partial charge in [-0.05, 0) is 45.4 Å². The van der Waals surface area contributed by atoms with Crippen LogP contribution in [0.5, 0.6) is 0 Å². The standard InChI is InChI=1S/C17H26N2O2/c1-5-18(12-17(3,4)21)11-16(20)19-13(2)10-14-8-6-7-9-15(14)19/h6-9,13,21H,5,10-12H2,1-4H3.